The van der Waals surface area contributed by atoms with Crippen molar-refractivity contribution in [2.24, 2.45) is 5.92 Å². The van der Waals surface area contributed by atoms with Crippen LogP contribution in [0.5, 0.6) is 5.75 Å². The minimum absolute atomic E-state index is 0.0829. The Morgan fingerprint density at radius 1 is 1.06 bits per heavy atom. The molecule has 10 heteroatoms. The first-order chi connectivity index (χ1) is 15.2. The quantitative estimate of drug-likeness (QED) is 0.533. The van der Waals surface area contributed by atoms with E-state index in [2.05, 4.69) is 4.98 Å². The third-order valence-electron chi connectivity index (χ3n) is 5.69. The molecule has 0 unspecified atom stereocenters. The zero-order chi connectivity index (χ0) is 22.9. The van der Waals surface area contributed by atoms with Crippen LogP contribution in [0.4, 0.5) is 13.2 Å². The minimum atomic E-state index is -4.56. The van der Waals surface area contributed by atoms with Crippen LogP contribution in [0.25, 0.3) is 11.0 Å². The van der Waals surface area contributed by atoms with Gasteiger partial charge in [0.2, 0.25) is 15.8 Å². The Bertz CT molecular complexity index is 1180. The highest BCUT2D eigenvalue weighted by atomic mass is 32.2. The van der Waals surface area contributed by atoms with E-state index >= 15 is 0 Å². The average Bonchev–Trinajstić information content (AvgIpc) is 3.14. The first kappa shape index (κ1) is 22.6. The second-order valence-corrected chi connectivity index (χ2v) is 9.72. The lowest BCUT2D eigenvalue weighted by Gasteiger charge is -2.31. The van der Waals surface area contributed by atoms with Gasteiger partial charge >= 0.3 is 6.18 Å². The van der Waals surface area contributed by atoms with E-state index < -0.39 is 22.0 Å². The van der Waals surface area contributed by atoms with Gasteiger partial charge in [-0.2, -0.15) is 17.5 Å². The summed E-state index contributed by atoms with van der Waals surface area (Å²) in [5, 5.41) is 0. The molecule has 0 atom stereocenters. The first-order valence-electron chi connectivity index (χ1n) is 10.5. The fraction of sp³-hybridized carbons (Fsp3) is 0.409. The molecule has 0 bridgehead atoms. The smallest absolute Gasteiger partial charge is 0.449 e. The maximum atomic E-state index is 13.5. The van der Waals surface area contributed by atoms with Gasteiger partial charge in [-0.25, -0.2) is 13.4 Å². The number of halogens is 3. The minimum Gasteiger partial charge on any atom is -0.494 e. The maximum absolute atomic E-state index is 13.5. The van der Waals surface area contributed by atoms with Crippen molar-refractivity contribution in [1.82, 2.24) is 13.9 Å². The molecular formula is C22H24F3N3O3S. The number of hydrogen-bond donors (Lipinski definition) is 0. The van der Waals surface area contributed by atoms with Crippen LogP contribution in [0, 0.1) is 5.92 Å². The van der Waals surface area contributed by atoms with Crippen LogP contribution in [0.2, 0.25) is 0 Å². The monoisotopic (exact) mass is 467 g/mol. The molecule has 1 aliphatic heterocycles. The van der Waals surface area contributed by atoms with Gasteiger partial charge in [-0.15, -0.1) is 0 Å². The number of rotatable bonds is 6. The summed E-state index contributed by atoms with van der Waals surface area (Å²) in [6.45, 7) is 3.00. The number of alkyl halides is 3. The van der Waals surface area contributed by atoms with Gasteiger partial charge in [-0.3, -0.25) is 0 Å². The highest BCUT2D eigenvalue weighted by Crippen LogP contribution is 2.33. The number of nitrogens with zero attached hydrogens (tertiary/aromatic N) is 3. The summed E-state index contributed by atoms with van der Waals surface area (Å²) in [4.78, 5) is 3.96. The summed E-state index contributed by atoms with van der Waals surface area (Å²) in [6.07, 6.45) is -3.61. The topological polar surface area (TPSA) is 64.4 Å². The molecule has 0 radical (unpaired) electrons. The van der Waals surface area contributed by atoms with Crippen molar-refractivity contribution in [3.8, 4) is 5.75 Å². The van der Waals surface area contributed by atoms with E-state index in [-0.39, 0.29) is 30.4 Å². The Hall–Kier alpha value is -2.59. The summed E-state index contributed by atoms with van der Waals surface area (Å²) >= 11 is 0. The SMILES string of the molecule is CCOc1ccc(S(=O)(=O)N2CCC(Cn3c(C(F)(F)F)nc4ccccc43)CC2)cc1. The number of benzene rings is 2. The van der Waals surface area contributed by atoms with Crippen molar-refractivity contribution in [2.75, 3.05) is 19.7 Å². The number of aromatic nitrogens is 2. The Balaban J connectivity index is 1.48. The lowest BCUT2D eigenvalue weighted by atomic mass is 9.98. The fourth-order valence-corrected chi connectivity index (χ4v) is 5.56. The normalized spacial score (nSPS) is 16.5. The van der Waals surface area contributed by atoms with Gasteiger partial charge in [-0.1, -0.05) is 12.1 Å². The van der Waals surface area contributed by atoms with Crippen LogP contribution < -0.4 is 4.74 Å². The standard InChI is InChI=1S/C22H24F3N3O3S/c1-2-31-17-7-9-18(10-8-17)32(29,30)27-13-11-16(12-14-27)15-28-20-6-4-3-5-19(20)26-21(28)22(23,24)25/h3-10,16H,2,11-15H2,1H3. The van der Waals surface area contributed by atoms with E-state index in [4.69, 9.17) is 4.74 Å². The van der Waals surface area contributed by atoms with Crippen LogP contribution in [-0.4, -0.2) is 42.0 Å². The van der Waals surface area contributed by atoms with E-state index in [1.807, 2.05) is 6.92 Å². The Kier molecular flexibility index (Phi) is 6.17. The zero-order valence-electron chi connectivity index (χ0n) is 17.5. The van der Waals surface area contributed by atoms with Gasteiger partial charge in [-0.05, 0) is 62.1 Å². The molecule has 2 heterocycles. The summed E-state index contributed by atoms with van der Waals surface area (Å²) in [7, 11) is -3.67. The van der Waals surface area contributed by atoms with Gasteiger partial charge in [0.25, 0.3) is 0 Å². The lowest BCUT2D eigenvalue weighted by Crippen LogP contribution is -2.39. The fourth-order valence-electron chi connectivity index (χ4n) is 4.09. The maximum Gasteiger partial charge on any atom is 0.449 e. The zero-order valence-corrected chi connectivity index (χ0v) is 18.4. The van der Waals surface area contributed by atoms with Gasteiger partial charge in [0, 0.05) is 19.6 Å². The molecule has 0 spiro atoms. The van der Waals surface area contributed by atoms with Gasteiger partial charge < -0.3 is 9.30 Å². The summed E-state index contributed by atoms with van der Waals surface area (Å²) in [5.74, 6) is -0.401. The Morgan fingerprint density at radius 2 is 1.72 bits per heavy atom. The number of piperidine rings is 1. The van der Waals surface area contributed by atoms with E-state index in [9.17, 15) is 21.6 Å². The van der Waals surface area contributed by atoms with E-state index in [1.54, 1.807) is 36.4 Å². The number of para-hydroxylation sites is 2. The van der Waals surface area contributed by atoms with E-state index in [0.29, 0.717) is 36.2 Å². The Labute approximate surface area is 184 Å². The molecule has 0 aliphatic carbocycles. The molecule has 0 N–H and O–H groups in total. The van der Waals surface area contributed by atoms with Crippen LogP contribution in [0.3, 0.4) is 0 Å². The molecule has 4 rings (SSSR count). The van der Waals surface area contributed by atoms with Gasteiger partial charge in [0.05, 0.1) is 22.5 Å². The second kappa shape index (κ2) is 8.74. The van der Waals surface area contributed by atoms with E-state index in [1.165, 1.54) is 21.0 Å². The number of fused-ring (bicyclic) bond motifs is 1. The molecule has 2 aromatic carbocycles. The number of sulfonamides is 1. The molecular weight excluding hydrogens is 443 g/mol. The highest BCUT2D eigenvalue weighted by Gasteiger charge is 2.38. The van der Waals surface area contributed by atoms with Gasteiger partial charge in [0.15, 0.2) is 0 Å². The third-order valence-corrected chi connectivity index (χ3v) is 7.61. The van der Waals surface area contributed by atoms with Crippen molar-refractivity contribution >= 4 is 21.1 Å². The molecule has 6 nitrogen and oxygen atoms in total. The average molecular weight is 468 g/mol. The lowest BCUT2D eigenvalue weighted by molar-refractivity contribution is -0.147. The first-order valence-corrected chi connectivity index (χ1v) is 11.9. The second-order valence-electron chi connectivity index (χ2n) is 7.78. The van der Waals surface area contributed by atoms with Crippen molar-refractivity contribution in [1.29, 1.82) is 0 Å². The molecule has 1 aliphatic rings. The molecule has 172 valence electrons. The van der Waals surface area contributed by atoms with Crippen molar-refractivity contribution < 1.29 is 26.3 Å². The summed E-state index contributed by atoms with van der Waals surface area (Å²) in [5.41, 5.74) is 0.736. The molecule has 0 amide bonds. The Morgan fingerprint density at radius 3 is 2.34 bits per heavy atom. The molecule has 3 aromatic rings. The van der Waals surface area contributed by atoms with Crippen LogP contribution >= 0.6 is 0 Å². The van der Waals surface area contributed by atoms with Gasteiger partial charge in [0.1, 0.15) is 5.75 Å². The van der Waals surface area contributed by atoms with Crippen LogP contribution in [-0.2, 0) is 22.7 Å². The number of imidazole rings is 1. The van der Waals surface area contributed by atoms with Crippen molar-refractivity contribution in [3.05, 3.63) is 54.4 Å². The summed E-state index contributed by atoms with van der Waals surface area (Å²) in [6, 6.07) is 12.8. The van der Waals surface area contributed by atoms with Crippen LogP contribution in [0.1, 0.15) is 25.6 Å². The molecule has 32 heavy (non-hydrogen) atoms. The largest absolute Gasteiger partial charge is 0.494 e. The predicted octanol–water partition coefficient (Wildman–Crippen LogP) is 4.55. The highest BCUT2D eigenvalue weighted by molar-refractivity contribution is 7.89. The van der Waals surface area contributed by atoms with Crippen LogP contribution in [0.15, 0.2) is 53.4 Å². The van der Waals surface area contributed by atoms with Crippen molar-refractivity contribution in [2.45, 2.75) is 37.4 Å². The molecule has 1 aromatic heterocycles. The predicted molar refractivity (Wildman–Crippen MR) is 114 cm³/mol. The number of hydrogen-bond acceptors (Lipinski definition) is 4. The van der Waals surface area contributed by atoms with E-state index in [0.717, 1.165) is 0 Å². The van der Waals surface area contributed by atoms with Crippen molar-refractivity contribution in [3.63, 3.8) is 0 Å². The molecule has 1 fully saturated rings. The summed E-state index contributed by atoms with van der Waals surface area (Å²) < 4.78 is 74.5. The molecule has 1 saturated heterocycles. The third kappa shape index (κ3) is 4.47. The number of ether oxygens (including phenoxy) is 1. The molecule has 0 saturated carbocycles.